The number of nitrogens with one attached hydrogen (secondary N) is 1. The van der Waals surface area contributed by atoms with Gasteiger partial charge in [0.25, 0.3) is 5.91 Å². The van der Waals surface area contributed by atoms with Gasteiger partial charge in [0.05, 0.1) is 11.1 Å². The van der Waals surface area contributed by atoms with Crippen molar-refractivity contribution in [1.82, 2.24) is 10.3 Å². The molecular weight excluding hydrogens is 340 g/mol. The molecule has 0 fully saturated rings. The maximum Gasteiger partial charge on any atom is 0.417 e. The van der Waals surface area contributed by atoms with E-state index in [4.69, 9.17) is 23.2 Å². The number of carbonyl (C=O) groups is 1. The summed E-state index contributed by atoms with van der Waals surface area (Å²) >= 11 is 11.4. The Morgan fingerprint density at radius 3 is 2.55 bits per heavy atom. The van der Waals surface area contributed by atoms with Crippen LogP contribution in [0.3, 0.4) is 0 Å². The first-order chi connectivity index (χ1) is 10.3. The van der Waals surface area contributed by atoms with Crippen LogP contribution in [0.1, 0.15) is 21.5 Å². The molecule has 0 aliphatic rings. The van der Waals surface area contributed by atoms with Crippen LogP contribution in [-0.4, -0.2) is 10.9 Å². The Hall–Kier alpha value is -1.79. The predicted molar refractivity (Wildman–Crippen MR) is 76.9 cm³/mol. The van der Waals surface area contributed by atoms with Crippen LogP contribution in [0, 0.1) is 0 Å². The van der Waals surface area contributed by atoms with Gasteiger partial charge in [-0.15, -0.1) is 0 Å². The van der Waals surface area contributed by atoms with Crippen LogP contribution in [-0.2, 0) is 12.7 Å². The van der Waals surface area contributed by atoms with Crippen molar-refractivity contribution in [1.29, 1.82) is 0 Å². The van der Waals surface area contributed by atoms with Gasteiger partial charge in [0.15, 0.2) is 0 Å². The normalized spacial score (nSPS) is 11.3. The smallest absolute Gasteiger partial charge is 0.348 e. The van der Waals surface area contributed by atoms with Gasteiger partial charge in [0.2, 0.25) is 0 Å². The summed E-state index contributed by atoms with van der Waals surface area (Å²) in [6, 6.07) is 7.31. The molecule has 0 saturated carbocycles. The van der Waals surface area contributed by atoms with Crippen LogP contribution in [0.15, 0.2) is 36.5 Å². The molecule has 0 aliphatic carbocycles. The van der Waals surface area contributed by atoms with Crippen molar-refractivity contribution >= 4 is 29.1 Å². The first kappa shape index (κ1) is 16.6. The van der Waals surface area contributed by atoms with Gasteiger partial charge in [-0.05, 0) is 17.7 Å². The van der Waals surface area contributed by atoms with E-state index in [2.05, 4.69) is 10.3 Å². The van der Waals surface area contributed by atoms with E-state index < -0.39 is 23.2 Å². The zero-order valence-electron chi connectivity index (χ0n) is 10.9. The largest absolute Gasteiger partial charge is 0.417 e. The number of pyridine rings is 1. The van der Waals surface area contributed by atoms with Crippen molar-refractivity contribution in [3.8, 4) is 0 Å². The highest BCUT2D eigenvalue weighted by Gasteiger charge is 2.35. The van der Waals surface area contributed by atoms with E-state index in [0.717, 1.165) is 6.20 Å². The summed E-state index contributed by atoms with van der Waals surface area (Å²) in [5, 5.41) is 2.45. The topological polar surface area (TPSA) is 42.0 Å². The number of nitrogens with zero attached hydrogens (tertiary/aromatic N) is 1. The van der Waals surface area contributed by atoms with Crippen LogP contribution in [0.5, 0.6) is 0 Å². The van der Waals surface area contributed by atoms with Crippen molar-refractivity contribution in [3.63, 3.8) is 0 Å². The molecule has 116 valence electrons. The van der Waals surface area contributed by atoms with Crippen LogP contribution in [0.4, 0.5) is 13.2 Å². The maximum absolute atomic E-state index is 12.9. The molecule has 1 aromatic carbocycles. The fourth-order valence-corrected chi connectivity index (χ4v) is 2.12. The van der Waals surface area contributed by atoms with Crippen molar-refractivity contribution in [2.24, 2.45) is 0 Å². The SMILES string of the molecule is O=C(NCc1ccccc1Cl)c1cnc(Cl)cc1C(F)(F)F. The number of hydrogen-bond donors (Lipinski definition) is 1. The first-order valence-electron chi connectivity index (χ1n) is 6.03. The van der Waals surface area contributed by atoms with E-state index >= 15 is 0 Å². The highest BCUT2D eigenvalue weighted by Crippen LogP contribution is 2.33. The van der Waals surface area contributed by atoms with Crippen LogP contribution in [0.2, 0.25) is 10.2 Å². The lowest BCUT2D eigenvalue weighted by Gasteiger charge is -2.13. The maximum atomic E-state index is 12.9. The van der Waals surface area contributed by atoms with Gasteiger partial charge >= 0.3 is 6.18 Å². The van der Waals surface area contributed by atoms with Crippen molar-refractivity contribution < 1.29 is 18.0 Å². The summed E-state index contributed by atoms with van der Waals surface area (Å²) in [5.41, 5.74) is -1.14. The Morgan fingerprint density at radius 2 is 1.91 bits per heavy atom. The number of benzene rings is 1. The van der Waals surface area contributed by atoms with Gasteiger partial charge in [-0.2, -0.15) is 13.2 Å². The summed E-state index contributed by atoms with van der Waals surface area (Å²) < 4.78 is 38.8. The van der Waals surface area contributed by atoms with E-state index in [1.807, 2.05) is 0 Å². The van der Waals surface area contributed by atoms with E-state index in [1.165, 1.54) is 0 Å². The summed E-state index contributed by atoms with van der Waals surface area (Å²) in [7, 11) is 0. The van der Waals surface area contributed by atoms with Gasteiger partial charge < -0.3 is 5.32 Å². The number of aromatic nitrogens is 1. The third-order valence-corrected chi connectivity index (χ3v) is 3.39. The Bertz CT molecular complexity index is 705. The molecule has 0 unspecified atom stereocenters. The Labute approximate surface area is 134 Å². The van der Waals surface area contributed by atoms with E-state index in [1.54, 1.807) is 24.3 Å². The zero-order chi connectivity index (χ0) is 16.3. The molecule has 1 heterocycles. The van der Waals surface area contributed by atoms with Gasteiger partial charge in [0, 0.05) is 17.8 Å². The fourth-order valence-electron chi connectivity index (χ4n) is 1.76. The van der Waals surface area contributed by atoms with E-state index in [9.17, 15) is 18.0 Å². The molecule has 1 N–H and O–H groups in total. The second-order valence-corrected chi connectivity index (χ2v) is 5.12. The summed E-state index contributed by atoms with van der Waals surface area (Å²) in [4.78, 5) is 15.5. The second-order valence-electron chi connectivity index (χ2n) is 4.32. The average molecular weight is 349 g/mol. The molecule has 8 heteroatoms. The minimum atomic E-state index is -4.70. The average Bonchev–Trinajstić information content (AvgIpc) is 2.45. The van der Waals surface area contributed by atoms with Crippen LogP contribution < -0.4 is 5.32 Å². The number of amides is 1. The molecule has 2 aromatic rings. The van der Waals surface area contributed by atoms with Gasteiger partial charge in [-0.25, -0.2) is 4.98 Å². The minimum absolute atomic E-state index is 0.00156. The van der Waals surface area contributed by atoms with Crippen LogP contribution in [0.25, 0.3) is 0 Å². The molecule has 0 radical (unpaired) electrons. The molecule has 2 rings (SSSR count). The molecule has 1 amide bonds. The molecule has 0 bridgehead atoms. The predicted octanol–water partition coefficient (Wildman–Crippen LogP) is 4.34. The number of alkyl halides is 3. The standard InChI is InChI=1S/C14H9Cl2F3N2O/c15-11-4-2-1-3-8(11)6-21-13(22)9-7-20-12(16)5-10(9)14(17,18)19/h1-5,7H,6H2,(H,21,22). The summed E-state index contributed by atoms with van der Waals surface area (Å²) in [5.74, 6) is -0.906. The van der Waals surface area contributed by atoms with E-state index in [0.29, 0.717) is 16.7 Å². The second kappa shape index (κ2) is 6.54. The highest BCUT2D eigenvalue weighted by atomic mass is 35.5. The number of hydrogen-bond acceptors (Lipinski definition) is 2. The molecular formula is C14H9Cl2F3N2O. The first-order valence-corrected chi connectivity index (χ1v) is 6.79. The third kappa shape index (κ3) is 3.90. The molecule has 0 atom stereocenters. The molecule has 0 saturated heterocycles. The number of carbonyl (C=O) groups excluding carboxylic acids is 1. The van der Waals surface area contributed by atoms with Crippen LogP contribution >= 0.6 is 23.2 Å². The lowest BCUT2D eigenvalue weighted by molar-refractivity contribution is -0.138. The zero-order valence-corrected chi connectivity index (χ0v) is 12.4. The lowest BCUT2D eigenvalue weighted by atomic mass is 10.1. The Morgan fingerprint density at radius 1 is 1.23 bits per heavy atom. The van der Waals surface area contributed by atoms with Crippen molar-refractivity contribution in [3.05, 3.63) is 63.4 Å². The monoisotopic (exact) mass is 348 g/mol. The molecule has 0 spiro atoms. The minimum Gasteiger partial charge on any atom is -0.348 e. The number of halogens is 5. The van der Waals surface area contributed by atoms with E-state index in [-0.39, 0.29) is 11.7 Å². The summed E-state index contributed by atoms with van der Waals surface area (Å²) in [6.45, 7) is -0.00156. The van der Waals surface area contributed by atoms with Gasteiger partial charge in [0.1, 0.15) is 5.15 Å². The fraction of sp³-hybridized carbons (Fsp3) is 0.143. The molecule has 0 aliphatic heterocycles. The van der Waals surface area contributed by atoms with Crippen molar-refractivity contribution in [2.75, 3.05) is 0 Å². The lowest BCUT2D eigenvalue weighted by Crippen LogP contribution is -2.26. The van der Waals surface area contributed by atoms with Gasteiger partial charge in [-0.1, -0.05) is 41.4 Å². The Balaban J connectivity index is 2.22. The summed E-state index contributed by atoms with van der Waals surface area (Å²) in [6.07, 6.45) is -3.91. The Kier molecular flexibility index (Phi) is 4.93. The number of rotatable bonds is 3. The quantitative estimate of drug-likeness (QED) is 0.838. The van der Waals surface area contributed by atoms with Crippen molar-refractivity contribution in [2.45, 2.75) is 12.7 Å². The molecule has 22 heavy (non-hydrogen) atoms. The molecule has 3 nitrogen and oxygen atoms in total. The third-order valence-electron chi connectivity index (χ3n) is 2.82. The molecule has 1 aromatic heterocycles. The van der Waals surface area contributed by atoms with Gasteiger partial charge in [-0.3, -0.25) is 4.79 Å². The highest BCUT2D eigenvalue weighted by molar-refractivity contribution is 6.31.